The van der Waals surface area contributed by atoms with Crippen molar-refractivity contribution in [2.45, 2.75) is 38.8 Å². The van der Waals surface area contributed by atoms with Crippen LogP contribution < -0.4 is 5.32 Å². The number of aromatic nitrogens is 2. The highest BCUT2D eigenvalue weighted by atomic mass is 32.1. The maximum absolute atomic E-state index is 9.63. The molecule has 130 valence electrons. The summed E-state index contributed by atoms with van der Waals surface area (Å²) in [4.78, 5) is 14.5. The Bertz CT molecular complexity index is 725. The number of hydrogen-bond acceptors (Lipinski definition) is 7. The van der Waals surface area contributed by atoms with E-state index < -0.39 is 6.10 Å². The zero-order chi connectivity index (χ0) is 16.5. The third-order valence-corrected chi connectivity index (χ3v) is 5.83. The van der Waals surface area contributed by atoms with Crippen molar-refractivity contribution in [3.8, 4) is 0 Å². The molecule has 0 spiro atoms. The Labute approximate surface area is 145 Å². The molecule has 1 atom stereocenters. The van der Waals surface area contributed by atoms with Crippen LogP contribution >= 0.6 is 11.3 Å². The largest absolute Gasteiger partial charge is 0.392 e. The Hall–Kier alpha value is -1.28. The average molecular weight is 348 g/mol. The van der Waals surface area contributed by atoms with E-state index in [2.05, 4.69) is 10.2 Å². The summed E-state index contributed by atoms with van der Waals surface area (Å²) in [6.45, 7) is 6.47. The van der Waals surface area contributed by atoms with Crippen molar-refractivity contribution in [3.63, 3.8) is 0 Å². The fourth-order valence-corrected chi connectivity index (χ4v) is 4.72. The van der Waals surface area contributed by atoms with Gasteiger partial charge in [-0.25, -0.2) is 9.97 Å². The lowest BCUT2D eigenvalue weighted by atomic mass is 10.2. The van der Waals surface area contributed by atoms with Gasteiger partial charge in [-0.3, -0.25) is 4.90 Å². The normalized spacial score (nSPS) is 19.6. The van der Waals surface area contributed by atoms with Crippen molar-refractivity contribution < 1.29 is 9.84 Å². The van der Waals surface area contributed by atoms with Crippen LogP contribution in [0, 0.1) is 0 Å². The molecule has 24 heavy (non-hydrogen) atoms. The predicted octanol–water partition coefficient (Wildman–Crippen LogP) is 1.80. The Morgan fingerprint density at radius 2 is 2.12 bits per heavy atom. The summed E-state index contributed by atoms with van der Waals surface area (Å²) >= 11 is 1.81. The number of aliphatic hydroxyl groups is 1. The molecule has 7 heteroatoms. The molecule has 1 saturated heterocycles. The first-order valence-corrected chi connectivity index (χ1v) is 9.55. The summed E-state index contributed by atoms with van der Waals surface area (Å²) in [6.07, 6.45) is 3.10. The van der Waals surface area contributed by atoms with Crippen molar-refractivity contribution in [1.82, 2.24) is 14.9 Å². The molecule has 2 aliphatic rings. The molecule has 0 aromatic carbocycles. The van der Waals surface area contributed by atoms with E-state index in [4.69, 9.17) is 14.7 Å². The standard InChI is InChI=1S/C17H24N4O2S/c1-11(22)9-18-16-15-12-3-2-4-13(12)24-17(15)20-14(19-16)10-21-5-7-23-8-6-21/h11,22H,2-10H2,1H3,(H,18,19,20)/t11-/m1/s1. The zero-order valence-electron chi connectivity index (χ0n) is 14.0. The van der Waals surface area contributed by atoms with Crippen LogP contribution in [-0.2, 0) is 24.1 Å². The minimum Gasteiger partial charge on any atom is -0.392 e. The molecule has 1 aliphatic carbocycles. The molecule has 0 saturated carbocycles. The molecule has 2 aromatic rings. The monoisotopic (exact) mass is 348 g/mol. The van der Waals surface area contributed by atoms with Gasteiger partial charge >= 0.3 is 0 Å². The summed E-state index contributed by atoms with van der Waals surface area (Å²) in [5.41, 5.74) is 1.42. The van der Waals surface area contributed by atoms with Crippen LogP contribution in [0.5, 0.6) is 0 Å². The molecule has 1 aliphatic heterocycles. The quantitative estimate of drug-likeness (QED) is 0.859. The number of aryl methyl sites for hydroxylation is 2. The van der Waals surface area contributed by atoms with Crippen LogP contribution in [0.3, 0.4) is 0 Å². The van der Waals surface area contributed by atoms with Crippen LogP contribution in [-0.4, -0.2) is 58.9 Å². The molecule has 1 fully saturated rings. The number of thiophene rings is 1. The molecule has 2 aromatic heterocycles. The van der Waals surface area contributed by atoms with E-state index in [0.29, 0.717) is 6.54 Å². The minimum absolute atomic E-state index is 0.399. The van der Waals surface area contributed by atoms with Gasteiger partial charge in [0.05, 0.1) is 31.2 Å². The van der Waals surface area contributed by atoms with Crippen molar-refractivity contribution in [2.24, 2.45) is 0 Å². The van der Waals surface area contributed by atoms with Crippen molar-refractivity contribution in [3.05, 3.63) is 16.3 Å². The van der Waals surface area contributed by atoms with E-state index in [1.165, 1.54) is 22.2 Å². The van der Waals surface area contributed by atoms with E-state index in [0.717, 1.165) is 62.2 Å². The summed E-state index contributed by atoms with van der Waals surface area (Å²) in [6, 6.07) is 0. The van der Waals surface area contributed by atoms with E-state index in [1.54, 1.807) is 6.92 Å². The lowest BCUT2D eigenvalue weighted by Crippen LogP contribution is -2.36. The van der Waals surface area contributed by atoms with Crippen LogP contribution in [0.1, 0.15) is 29.6 Å². The molecular formula is C17H24N4O2S. The van der Waals surface area contributed by atoms with Gasteiger partial charge < -0.3 is 15.2 Å². The van der Waals surface area contributed by atoms with E-state index in [1.807, 2.05) is 11.3 Å². The van der Waals surface area contributed by atoms with Crippen LogP contribution in [0.2, 0.25) is 0 Å². The topological polar surface area (TPSA) is 70.5 Å². The number of hydrogen-bond donors (Lipinski definition) is 2. The number of nitrogens with one attached hydrogen (secondary N) is 1. The van der Waals surface area contributed by atoms with Crippen LogP contribution in [0.15, 0.2) is 0 Å². The number of anilines is 1. The molecule has 0 unspecified atom stereocenters. The first-order chi connectivity index (χ1) is 11.7. The van der Waals surface area contributed by atoms with Gasteiger partial charge in [-0.05, 0) is 31.7 Å². The number of aliphatic hydroxyl groups excluding tert-OH is 1. The SMILES string of the molecule is C[C@@H](O)CNc1nc(CN2CCOCC2)nc2sc3c(c12)CCC3. The fourth-order valence-electron chi connectivity index (χ4n) is 3.44. The molecule has 2 N–H and O–H groups in total. The van der Waals surface area contributed by atoms with E-state index >= 15 is 0 Å². The highest BCUT2D eigenvalue weighted by Crippen LogP contribution is 2.39. The maximum atomic E-state index is 9.63. The molecular weight excluding hydrogens is 324 g/mol. The second-order valence-electron chi connectivity index (χ2n) is 6.64. The van der Waals surface area contributed by atoms with Crippen molar-refractivity contribution in [2.75, 3.05) is 38.2 Å². The van der Waals surface area contributed by atoms with Crippen molar-refractivity contribution >= 4 is 27.4 Å². The highest BCUT2D eigenvalue weighted by molar-refractivity contribution is 7.19. The maximum Gasteiger partial charge on any atom is 0.146 e. The van der Waals surface area contributed by atoms with Crippen molar-refractivity contribution in [1.29, 1.82) is 0 Å². The van der Waals surface area contributed by atoms with Gasteiger partial charge in [0.2, 0.25) is 0 Å². The third kappa shape index (κ3) is 3.26. The van der Waals surface area contributed by atoms with E-state index in [9.17, 15) is 5.11 Å². The van der Waals surface area contributed by atoms with Crippen LogP contribution in [0.25, 0.3) is 10.2 Å². The van der Waals surface area contributed by atoms with Gasteiger partial charge in [0, 0.05) is 24.5 Å². The lowest BCUT2D eigenvalue weighted by Gasteiger charge is -2.25. The second kappa shape index (κ2) is 6.92. The Morgan fingerprint density at radius 3 is 2.92 bits per heavy atom. The van der Waals surface area contributed by atoms with Gasteiger partial charge in [-0.15, -0.1) is 11.3 Å². The number of nitrogens with zero attached hydrogens (tertiary/aromatic N) is 3. The lowest BCUT2D eigenvalue weighted by molar-refractivity contribution is 0.0331. The number of fused-ring (bicyclic) bond motifs is 3. The molecule has 3 heterocycles. The summed E-state index contributed by atoms with van der Waals surface area (Å²) in [7, 11) is 0. The Balaban J connectivity index is 1.67. The predicted molar refractivity (Wildman–Crippen MR) is 95.7 cm³/mol. The summed E-state index contributed by atoms with van der Waals surface area (Å²) < 4.78 is 5.42. The van der Waals surface area contributed by atoms with Gasteiger partial charge in [-0.2, -0.15) is 0 Å². The summed E-state index contributed by atoms with van der Waals surface area (Å²) in [5, 5.41) is 14.2. The fraction of sp³-hybridized carbons (Fsp3) is 0.647. The first-order valence-electron chi connectivity index (χ1n) is 8.74. The smallest absolute Gasteiger partial charge is 0.146 e. The first kappa shape index (κ1) is 16.2. The summed E-state index contributed by atoms with van der Waals surface area (Å²) in [5.74, 6) is 1.75. The van der Waals surface area contributed by atoms with Gasteiger partial charge in [-0.1, -0.05) is 0 Å². The van der Waals surface area contributed by atoms with Gasteiger partial charge in [0.1, 0.15) is 16.5 Å². The molecule has 4 rings (SSSR count). The minimum atomic E-state index is -0.399. The van der Waals surface area contributed by atoms with E-state index in [-0.39, 0.29) is 0 Å². The Morgan fingerprint density at radius 1 is 1.29 bits per heavy atom. The zero-order valence-corrected chi connectivity index (χ0v) is 14.9. The number of ether oxygens (including phenoxy) is 1. The third-order valence-electron chi connectivity index (χ3n) is 4.64. The number of rotatable bonds is 5. The molecule has 0 amide bonds. The average Bonchev–Trinajstić information content (AvgIpc) is 3.14. The molecule has 0 bridgehead atoms. The number of morpholine rings is 1. The molecule has 6 nitrogen and oxygen atoms in total. The Kier molecular flexibility index (Phi) is 4.67. The highest BCUT2D eigenvalue weighted by Gasteiger charge is 2.23. The second-order valence-corrected chi connectivity index (χ2v) is 7.73. The van der Waals surface area contributed by atoms with Gasteiger partial charge in [0.15, 0.2) is 0 Å². The van der Waals surface area contributed by atoms with Crippen LogP contribution in [0.4, 0.5) is 5.82 Å². The molecule has 0 radical (unpaired) electrons. The van der Waals surface area contributed by atoms with Gasteiger partial charge in [0.25, 0.3) is 0 Å².